The van der Waals surface area contributed by atoms with Gasteiger partial charge in [0, 0.05) is 19.1 Å². The lowest BCUT2D eigenvalue weighted by Gasteiger charge is -2.33. The Morgan fingerprint density at radius 3 is 2.88 bits per heavy atom. The largest absolute Gasteiger partial charge is 0.497 e. The van der Waals surface area contributed by atoms with E-state index < -0.39 is 0 Å². The highest BCUT2D eigenvalue weighted by Crippen LogP contribution is 2.24. The van der Waals surface area contributed by atoms with Crippen LogP contribution in [0, 0.1) is 5.92 Å². The number of piperidine rings is 1. The van der Waals surface area contributed by atoms with Crippen molar-refractivity contribution in [3.8, 4) is 5.75 Å². The quantitative estimate of drug-likeness (QED) is 0.832. The highest BCUT2D eigenvalue weighted by Gasteiger charge is 2.29. The van der Waals surface area contributed by atoms with E-state index in [-0.39, 0.29) is 0 Å². The first-order chi connectivity index (χ1) is 11.7. The molecule has 0 radical (unpaired) electrons. The summed E-state index contributed by atoms with van der Waals surface area (Å²) in [5.41, 5.74) is 1.30. The molecule has 0 spiro atoms. The van der Waals surface area contributed by atoms with Crippen LogP contribution in [0.25, 0.3) is 0 Å². The van der Waals surface area contributed by atoms with E-state index >= 15 is 0 Å². The van der Waals surface area contributed by atoms with Crippen LogP contribution in [0.5, 0.6) is 5.75 Å². The normalized spacial score (nSPS) is 25.0. The second-order valence-corrected chi connectivity index (χ2v) is 7.41. The second-order valence-electron chi connectivity index (χ2n) is 7.41. The summed E-state index contributed by atoms with van der Waals surface area (Å²) in [4.78, 5) is 17.1. The first kappa shape index (κ1) is 17.3. The number of carbonyl (C=O) groups is 1. The molecule has 1 aromatic carbocycles. The molecule has 0 bridgehead atoms. The van der Waals surface area contributed by atoms with E-state index in [2.05, 4.69) is 28.9 Å². The van der Waals surface area contributed by atoms with Gasteiger partial charge in [-0.3, -0.25) is 9.69 Å². The Balaban J connectivity index is 1.57. The first-order valence-electron chi connectivity index (χ1n) is 9.30. The van der Waals surface area contributed by atoms with Crippen molar-refractivity contribution in [1.82, 2.24) is 9.80 Å². The third kappa shape index (κ3) is 4.29. The Morgan fingerprint density at radius 2 is 2.08 bits per heavy atom. The van der Waals surface area contributed by atoms with Crippen molar-refractivity contribution in [2.45, 2.75) is 45.1 Å². The Kier molecular flexibility index (Phi) is 5.77. The molecule has 2 heterocycles. The van der Waals surface area contributed by atoms with Gasteiger partial charge in [-0.1, -0.05) is 19.1 Å². The van der Waals surface area contributed by atoms with Gasteiger partial charge >= 0.3 is 0 Å². The zero-order valence-corrected chi connectivity index (χ0v) is 15.0. The summed E-state index contributed by atoms with van der Waals surface area (Å²) in [5.74, 6) is 1.88. The van der Waals surface area contributed by atoms with Crippen molar-refractivity contribution in [3.05, 3.63) is 29.8 Å². The summed E-state index contributed by atoms with van der Waals surface area (Å²) in [6.07, 6.45) is 5.78. The van der Waals surface area contributed by atoms with Crippen LogP contribution < -0.4 is 4.74 Å². The van der Waals surface area contributed by atoms with Gasteiger partial charge in [-0.25, -0.2) is 0 Å². The summed E-state index contributed by atoms with van der Waals surface area (Å²) in [7, 11) is 1.71. The number of likely N-dealkylation sites (tertiary alicyclic amines) is 2. The smallest absolute Gasteiger partial charge is 0.236 e. The Hall–Kier alpha value is -1.55. The van der Waals surface area contributed by atoms with Crippen LogP contribution in [-0.4, -0.2) is 55.0 Å². The molecular weight excluding hydrogens is 300 g/mol. The number of benzene rings is 1. The van der Waals surface area contributed by atoms with Gasteiger partial charge in [0.05, 0.1) is 13.7 Å². The summed E-state index contributed by atoms with van der Waals surface area (Å²) in [6, 6.07) is 8.78. The number of rotatable bonds is 5. The van der Waals surface area contributed by atoms with Crippen LogP contribution >= 0.6 is 0 Å². The molecule has 1 aromatic rings. The zero-order valence-electron chi connectivity index (χ0n) is 15.0. The average molecular weight is 330 g/mol. The SMILES string of the molecule is COc1cccc(C[C@@H]2CCCN2CC(=O)N2CCC[C@H](C)C2)c1. The van der Waals surface area contributed by atoms with E-state index in [0.717, 1.165) is 38.2 Å². The van der Waals surface area contributed by atoms with Crippen LogP contribution in [0.2, 0.25) is 0 Å². The standard InChI is InChI=1S/C20H30N2O2/c1-16-6-4-11-22(14-16)20(23)15-21-10-5-8-18(21)12-17-7-3-9-19(13-17)24-2/h3,7,9,13,16,18H,4-6,8,10-12,14-15H2,1-2H3/t16-,18-/m0/s1. The van der Waals surface area contributed by atoms with E-state index in [1.54, 1.807) is 7.11 Å². The average Bonchev–Trinajstić information content (AvgIpc) is 3.02. The van der Waals surface area contributed by atoms with Crippen LogP contribution in [-0.2, 0) is 11.2 Å². The molecule has 0 unspecified atom stereocenters. The van der Waals surface area contributed by atoms with Crippen LogP contribution in [0.15, 0.2) is 24.3 Å². The van der Waals surface area contributed by atoms with Crippen molar-refractivity contribution < 1.29 is 9.53 Å². The lowest BCUT2D eigenvalue weighted by Crippen LogP contribution is -2.46. The molecule has 2 aliphatic rings. The van der Waals surface area contributed by atoms with Crippen molar-refractivity contribution in [2.24, 2.45) is 5.92 Å². The zero-order chi connectivity index (χ0) is 16.9. The van der Waals surface area contributed by atoms with E-state index in [1.165, 1.54) is 24.8 Å². The predicted octanol–water partition coefficient (Wildman–Crippen LogP) is 2.96. The van der Waals surface area contributed by atoms with Gasteiger partial charge in [0.2, 0.25) is 5.91 Å². The molecule has 0 aliphatic carbocycles. The fourth-order valence-corrected chi connectivity index (χ4v) is 4.10. The third-order valence-corrected chi connectivity index (χ3v) is 5.45. The number of hydrogen-bond donors (Lipinski definition) is 0. The van der Waals surface area contributed by atoms with E-state index in [9.17, 15) is 4.79 Å². The highest BCUT2D eigenvalue weighted by molar-refractivity contribution is 5.78. The first-order valence-corrected chi connectivity index (χ1v) is 9.30. The monoisotopic (exact) mass is 330 g/mol. The molecule has 2 saturated heterocycles. The molecule has 0 N–H and O–H groups in total. The van der Waals surface area contributed by atoms with Gasteiger partial charge in [-0.15, -0.1) is 0 Å². The third-order valence-electron chi connectivity index (χ3n) is 5.45. The van der Waals surface area contributed by atoms with Crippen LogP contribution in [0.1, 0.15) is 38.2 Å². The number of nitrogens with zero attached hydrogens (tertiary/aromatic N) is 2. The molecule has 4 nitrogen and oxygen atoms in total. The minimum absolute atomic E-state index is 0.319. The Morgan fingerprint density at radius 1 is 1.25 bits per heavy atom. The predicted molar refractivity (Wildman–Crippen MR) is 96.3 cm³/mol. The van der Waals surface area contributed by atoms with Gasteiger partial charge in [0.15, 0.2) is 0 Å². The summed E-state index contributed by atoms with van der Waals surface area (Å²) in [6.45, 7) is 5.76. The molecule has 0 aromatic heterocycles. The summed E-state index contributed by atoms with van der Waals surface area (Å²) in [5, 5.41) is 0. The maximum Gasteiger partial charge on any atom is 0.236 e. The molecule has 4 heteroatoms. The topological polar surface area (TPSA) is 32.8 Å². The number of amides is 1. The maximum atomic E-state index is 12.7. The lowest BCUT2D eigenvalue weighted by atomic mass is 10.00. The van der Waals surface area contributed by atoms with E-state index in [0.29, 0.717) is 24.4 Å². The van der Waals surface area contributed by atoms with Crippen molar-refractivity contribution >= 4 is 5.91 Å². The van der Waals surface area contributed by atoms with Gasteiger partial charge in [0.1, 0.15) is 5.75 Å². The lowest BCUT2D eigenvalue weighted by molar-refractivity contribution is -0.134. The Labute approximate surface area is 145 Å². The fourth-order valence-electron chi connectivity index (χ4n) is 4.10. The molecule has 24 heavy (non-hydrogen) atoms. The minimum Gasteiger partial charge on any atom is -0.497 e. The number of methoxy groups -OCH3 is 1. The minimum atomic E-state index is 0.319. The van der Waals surface area contributed by atoms with Crippen LogP contribution in [0.3, 0.4) is 0 Å². The van der Waals surface area contributed by atoms with Gasteiger partial charge in [-0.05, 0) is 62.3 Å². The van der Waals surface area contributed by atoms with Crippen molar-refractivity contribution in [3.63, 3.8) is 0 Å². The van der Waals surface area contributed by atoms with Gasteiger partial charge in [-0.2, -0.15) is 0 Å². The van der Waals surface area contributed by atoms with E-state index in [1.807, 2.05) is 12.1 Å². The molecular formula is C20H30N2O2. The molecule has 1 amide bonds. The molecule has 0 saturated carbocycles. The van der Waals surface area contributed by atoms with Crippen LogP contribution in [0.4, 0.5) is 0 Å². The number of carbonyl (C=O) groups excluding carboxylic acids is 1. The molecule has 132 valence electrons. The van der Waals surface area contributed by atoms with Crippen molar-refractivity contribution in [1.29, 1.82) is 0 Å². The molecule has 3 rings (SSSR count). The number of hydrogen-bond acceptors (Lipinski definition) is 3. The summed E-state index contributed by atoms with van der Waals surface area (Å²) < 4.78 is 5.33. The van der Waals surface area contributed by atoms with Crippen molar-refractivity contribution in [2.75, 3.05) is 33.3 Å². The van der Waals surface area contributed by atoms with E-state index in [4.69, 9.17) is 4.74 Å². The highest BCUT2D eigenvalue weighted by atomic mass is 16.5. The van der Waals surface area contributed by atoms with Gasteiger partial charge in [0.25, 0.3) is 0 Å². The fraction of sp³-hybridized carbons (Fsp3) is 0.650. The Bertz CT molecular complexity index is 560. The number of ether oxygens (including phenoxy) is 1. The summed E-state index contributed by atoms with van der Waals surface area (Å²) >= 11 is 0. The molecule has 2 atom stereocenters. The van der Waals surface area contributed by atoms with Gasteiger partial charge < -0.3 is 9.64 Å². The molecule has 2 fully saturated rings. The molecule has 2 aliphatic heterocycles. The second kappa shape index (κ2) is 8.02. The maximum absolute atomic E-state index is 12.7.